The fraction of sp³-hybridized carbons (Fsp3) is 0. The van der Waals surface area contributed by atoms with Gasteiger partial charge in [-0.3, -0.25) is 0 Å². The van der Waals surface area contributed by atoms with Crippen LogP contribution in [0.5, 0.6) is 0 Å². The third kappa shape index (κ3) is 3.08. The molecule has 1 saturated heterocycles. The number of rotatable bonds is 2. The molecule has 0 spiro atoms. The Morgan fingerprint density at radius 1 is 1.36 bits per heavy atom. The first-order chi connectivity index (χ1) is 4.79. The first-order valence-corrected chi connectivity index (χ1v) is 7.72. The summed E-state index contributed by atoms with van der Waals surface area (Å²) in [4.78, 5) is 0. The first kappa shape index (κ1) is 9.46. The molecule has 0 aromatic carbocycles. The van der Waals surface area contributed by atoms with Crippen LogP contribution in [0.1, 0.15) is 0 Å². The van der Waals surface area contributed by atoms with E-state index in [1.807, 2.05) is 0 Å². The van der Waals surface area contributed by atoms with Gasteiger partial charge in [-0.15, -0.1) is 0 Å². The summed E-state index contributed by atoms with van der Waals surface area (Å²) in [6, 6.07) is 0. The Labute approximate surface area is 68.6 Å². The first-order valence-electron chi connectivity index (χ1n) is 2.06. The molecule has 0 aromatic heterocycles. The summed E-state index contributed by atoms with van der Waals surface area (Å²) < 4.78 is 59.2. The van der Waals surface area contributed by atoms with Crippen molar-refractivity contribution in [1.29, 1.82) is 0 Å². The van der Waals surface area contributed by atoms with Gasteiger partial charge in [0.1, 0.15) is 0 Å². The molecule has 0 unspecified atom stereocenters. The van der Waals surface area contributed by atoms with Crippen LogP contribution in [0.2, 0.25) is 0 Å². The monoisotopic (exact) mass is 262 g/mol. The van der Waals surface area contributed by atoms with Gasteiger partial charge in [-0.25, -0.2) is 0 Å². The summed E-state index contributed by atoms with van der Waals surface area (Å²) in [5, 5.41) is 0. The average Bonchev–Trinajstić information content (AvgIpc) is 1.53. The standard InChI is InChI=1S/Ga.2H2O4S/c;2*1-5(2,3)4/h;2*(H2,1,2,3,4)/q+3;;/p-3. The zero-order valence-corrected chi connectivity index (χ0v) is 8.75. The molecule has 11 heteroatoms. The van der Waals surface area contributed by atoms with E-state index in [2.05, 4.69) is 8.93 Å². The van der Waals surface area contributed by atoms with Gasteiger partial charge in [-0.2, -0.15) is 0 Å². The molecule has 11 heavy (non-hydrogen) atoms. The Kier molecular flexibility index (Phi) is 2.32. The van der Waals surface area contributed by atoms with Gasteiger partial charge in [-0.1, -0.05) is 0 Å². The van der Waals surface area contributed by atoms with Crippen LogP contribution >= 0.6 is 0 Å². The van der Waals surface area contributed by atoms with E-state index in [1.165, 1.54) is 0 Å². The minimum atomic E-state index is -4.67. The van der Waals surface area contributed by atoms with Crippen LogP contribution in [0.15, 0.2) is 0 Å². The molecule has 1 fully saturated rings. The van der Waals surface area contributed by atoms with Crippen LogP contribution in [-0.4, -0.2) is 38.7 Å². The van der Waals surface area contributed by atoms with E-state index in [9.17, 15) is 16.8 Å². The van der Waals surface area contributed by atoms with Gasteiger partial charge in [0.05, 0.1) is 0 Å². The summed E-state index contributed by atoms with van der Waals surface area (Å²) in [6.07, 6.45) is 0. The third-order valence-electron chi connectivity index (χ3n) is 0.593. The van der Waals surface area contributed by atoms with E-state index >= 15 is 0 Å². The Hall–Kier alpha value is 0.376. The number of hydrogen-bond acceptors (Lipinski definition) is 7. The quantitative estimate of drug-likeness (QED) is 0.452. The SMILES string of the molecule is O=S(=O)(O)[O][Ga]1[O]S(=O)(=O)[O]1. The topological polar surface area (TPSA) is 116 Å². The van der Waals surface area contributed by atoms with E-state index in [0.29, 0.717) is 0 Å². The molecular formula is HGaO8S2. The second-order valence-electron chi connectivity index (χ2n) is 1.41. The van der Waals surface area contributed by atoms with Crippen molar-refractivity contribution in [3.63, 3.8) is 0 Å². The van der Waals surface area contributed by atoms with Crippen molar-refractivity contribution < 1.29 is 30.3 Å². The molecule has 64 valence electrons. The molecule has 8 nitrogen and oxygen atoms in total. The van der Waals surface area contributed by atoms with Crippen molar-refractivity contribution in [2.24, 2.45) is 0 Å². The molecule has 1 aliphatic heterocycles. The van der Waals surface area contributed by atoms with Crippen LogP contribution in [0.25, 0.3) is 0 Å². The van der Waals surface area contributed by atoms with Crippen molar-refractivity contribution in [2.75, 3.05) is 0 Å². The predicted molar refractivity (Wildman–Crippen MR) is 29.5 cm³/mol. The Balaban J connectivity index is 2.48. The molecule has 0 atom stereocenters. The maximum atomic E-state index is 10.0. The van der Waals surface area contributed by atoms with E-state index in [-0.39, 0.29) is 0 Å². The average molecular weight is 263 g/mol. The Morgan fingerprint density at radius 3 is 2.09 bits per heavy atom. The number of hydrogen-bond donors (Lipinski definition) is 1. The van der Waals surface area contributed by atoms with Gasteiger partial charge in [-0.05, 0) is 0 Å². The fourth-order valence-corrected chi connectivity index (χ4v) is 6.16. The molecule has 1 aliphatic rings. The summed E-state index contributed by atoms with van der Waals surface area (Å²) in [7, 11) is -8.69. The normalized spacial score (nSPS) is 22.8. The molecule has 0 amide bonds. The van der Waals surface area contributed by atoms with Crippen molar-refractivity contribution >= 4 is 38.1 Å². The fourth-order valence-electron chi connectivity index (χ4n) is 0.331. The van der Waals surface area contributed by atoms with Gasteiger partial charge in [0.2, 0.25) is 0 Å². The molecular weight excluding hydrogens is 262 g/mol. The van der Waals surface area contributed by atoms with Crippen LogP contribution in [0.3, 0.4) is 0 Å². The summed E-state index contributed by atoms with van der Waals surface area (Å²) in [6.45, 7) is 0. The van der Waals surface area contributed by atoms with Crippen LogP contribution in [0.4, 0.5) is 0 Å². The van der Waals surface area contributed by atoms with Crippen molar-refractivity contribution in [2.45, 2.75) is 0 Å². The van der Waals surface area contributed by atoms with Crippen molar-refractivity contribution in [3.05, 3.63) is 0 Å². The Morgan fingerprint density at radius 2 is 1.82 bits per heavy atom. The van der Waals surface area contributed by atoms with Crippen molar-refractivity contribution in [3.8, 4) is 0 Å². The maximum absolute atomic E-state index is 10.0. The molecule has 0 bridgehead atoms. The second-order valence-corrected chi connectivity index (χ2v) is 8.51. The van der Waals surface area contributed by atoms with Gasteiger partial charge in [0.15, 0.2) is 0 Å². The van der Waals surface area contributed by atoms with Crippen LogP contribution < -0.4 is 0 Å². The van der Waals surface area contributed by atoms with Crippen LogP contribution in [0, 0.1) is 0 Å². The van der Waals surface area contributed by atoms with Gasteiger partial charge in [0, 0.05) is 0 Å². The zero-order valence-electron chi connectivity index (χ0n) is 4.70. The van der Waals surface area contributed by atoms with Crippen molar-refractivity contribution in [1.82, 2.24) is 0 Å². The van der Waals surface area contributed by atoms with E-state index in [0.717, 1.165) is 0 Å². The zero-order chi connectivity index (χ0) is 8.70. The summed E-state index contributed by atoms with van der Waals surface area (Å²) in [5.41, 5.74) is 0. The molecule has 0 aromatic rings. The third-order valence-corrected chi connectivity index (χ3v) is 9.24. The Bertz CT molecular complexity index is 320. The van der Waals surface area contributed by atoms with E-state index in [1.54, 1.807) is 0 Å². The molecule has 0 aliphatic carbocycles. The second kappa shape index (κ2) is 2.70. The van der Waals surface area contributed by atoms with Gasteiger partial charge in [0.25, 0.3) is 0 Å². The van der Waals surface area contributed by atoms with Crippen LogP contribution in [-0.2, 0) is 29.7 Å². The molecule has 1 N–H and O–H groups in total. The summed E-state index contributed by atoms with van der Waals surface area (Å²) in [5.74, 6) is 0. The van der Waals surface area contributed by atoms with E-state index in [4.69, 9.17) is 4.55 Å². The minimum absolute atomic E-state index is 3.62. The molecule has 1 heterocycles. The summed E-state index contributed by atoms with van der Waals surface area (Å²) >= 11 is -3.62. The molecule has 0 saturated carbocycles. The molecule has 1 rings (SSSR count). The van der Waals surface area contributed by atoms with Gasteiger partial charge >= 0.3 is 68.4 Å². The predicted octanol–water partition coefficient (Wildman–Crippen LogP) is -1.92. The van der Waals surface area contributed by atoms with E-state index < -0.39 is 38.1 Å². The molecule has 0 radical (unpaired) electrons. The van der Waals surface area contributed by atoms with Gasteiger partial charge < -0.3 is 0 Å².